The summed E-state index contributed by atoms with van der Waals surface area (Å²) < 4.78 is 16.6. The van der Waals surface area contributed by atoms with E-state index in [0.29, 0.717) is 24.7 Å². The van der Waals surface area contributed by atoms with E-state index in [9.17, 15) is 0 Å². The molecule has 0 N–H and O–H groups in total. The zero-order valence-electron chi connectivity index (χ0n) is 12.7. The number of hydrogen-bond acceptors (Lipinski definition) is 3. The SMILES string of the molecule is COCCCOCCOC1CC(Cl)C12CCCCCC2. The van der Waals surface area contributed by atoms with Gasteiger partial charge in [-0.15, -0.1) is 11.6 Å². The second kappa shape index (κ2) is 8.57. The monoisotopic (exact) mass is 304 g/mol. The first kappa shape index (κ1) is 16.5. The van der Waals surface area contributed by atoms with Crippen LogP contribution in [0, 0.1) is 5.41 Å². The second-order valence-electron chi connectivity index (χ2n) is 6.17. The Morgan fingerprint density at radius 1 is 1.00 bits per heavy atom. The average molecular weight is 305 g/mol. The van der Waals surface area contributed by atoms with Crippen molar-refractivity contribution in [3.05, 3.63) is 0 Å². The summed E-state index contributed by atoms with van der Waals surface area (Å²) in [5.41, 5.74) is 0.272. The minimum Gasteiger partial charge on any atom is -0.385 e. The van der Waals surface area contributed by atoms with Crippen LogP contribution in [0.15, 0.2) is 0 Å². The normalized spacial score (nSPS) is 29.1. The van der Waals surface area contributed by atoms with Crippen LogP contribution < -0.4 is 0 Å². The summed E-state index contributed by atoms with van der Waals surface area (Å²) in [5.74, 6) is 0. The third-order valence-electron chi connectivity index (χ3n) is 4.90. The minimum absolute atomic E-state index is 0.272. The molecule has 0 aromatic carbocycles. The maximum absolute atomic E-state index is 6.52. The Balaban J connectivity index is 1.63. The lowest BCUT2D eigenvalue weighted by molar-refractivity contribution is -0.125. The van der Waals surface area contributed by atoms with E-state index in [1.807, 2.05) is 0 Å². The molecule has 0 amide bonds. The number of rotatable bonds is 8. The van der Waals surface area contributed by atoms with Gasteiger partial charge in [-0.1, -0.05) is 25.7 Å². The molecule has 0 aromatic rings. The van der Waals surface area contributed by atoms with E-state index < -0.39 is 0 Å². The first-order valence-electron chi connectivity index (χ1n) is 8.12. The van der Waals surface area contributed by atoms with Gasteiger partial charge >= 0.3 is 0 Å². The molecule has 0 heterocycles. The third-order valence-corrected chi connectivity index (χ3v) is 5.52. The molecule has 0 saturated heterocycles. The largest absolute Gasteiger partial charge is 0.385 e. The van der Waals surface area contributed by atoms with Crippen LogP contribution in [-0.2, 0) is 14.2 Å². The summed E-state index contributed by atoms with van der Waals surface area (Å²) in [7, 11) is 1.72. The highest BCUT2D eigenvalue weighted by atomic mass is 35.5. The Bertz CT molecular complexity index is 264. The Hall–Kier alpha value is 0.170. The number of halogens is 1. The van der Waals surface area contributed by atoms with Crippen molar-refractivity contribution >= 4 is 11.6 Å². The molecule has 2 fully saturated rings. The van der Waals surface area contributed by atoms with E-state index in [4.69, 9.17) is 25.8 Å². The van der Waals surface area contributed by atoms with Gasteiger partial charge in [0.25, 0.3) is 0 Å². The molecule has 2 unspecified atom stereocenters. The minimum atomic E-state index is 0.272. The van der Waals surface area contributed by atoms with Crippen molar-refractivity contribution in [1.82, 2.24) is 0 Å². The van der Waals surface area contributed by atoms with Crippen LogP contribution >= 0.6 is 11.6 Å². The molecular formula is C16H29ClO3. The highest BCUT2D eigenvalue weighted by molar-refractivity contribution is 6.21. The molecular weight excluding hydrogens is 276 g/mol. The van der Waals surface area contributed by atoms with E-state index in [2.05, 4.69) is 0 Å². The van der Waals surface area contributed by atoms with Gasteiger partial charge in [-0.3, -0.25) is 0 Å². The van der Waals surface area contributed by atoms with Crippen molar-refractivity contribution in [2.45, 2.75) is 62.8 Å². The summed E-state index contributed by atoms with van der Waals surface area (Å²) in [4.78, 5) is 0. The van der Waals surface area contributed by atoms with Gasteiger partial charge in [-0.25, -0.2) is 0 Å². The maximum Gasteiger partial charge on any atom is 0.0704 e. The Kier molecular flexibility index (Phi) is 7.09. The summed E-state index contributed by atoms with van der Waals surface area (Å²) in [5, 5.41) is 0.327. The van der Waals surface area contributed by atoms with Gasteiger partial charge in [0.1, 0.15) is 0 Å². The quantitative estimate of drug-likeness (QED) is 0.504. The molecule has 2 aliphatic carbocycles. The molecule has 2 rings (SSSR count). The van der Waals surface area contributed by atoms with Crippen molar-refractivity contribution in [3.63, 3.8) is 0 Å². The van der Waals surface area contributed by atoms with Gasteiger partial charge in [0.2, 0.25) is 0 Å². The number of alkyl halides is 1. The summed E-state index contributed by atoms with van der Waals surface area (Å²) in [6.07, 6.45) is 10.2. The van der Waals surface area contributed by atoms with Gasteiger partial charge in [-0.2, -0.15) is 0 Å². The van der Waals surface area contributed by atoms with Gasteiger partial charge in [-0.05, 0) is 25.7 Å². The standard InChI is InChI=1S/C16H29ClO3/c1-18-9-6-10-19-11-12-20-15-13-14(17)16(15)7-4-2-3-5-8-16/h14-15H,2-13H2,1H3. The fraction of sp³-hybridized carbons (Fsp3) is 1.00. The molecule has 2 aliphatic rings. The lowest BCUT2D eigenvalue weighted by Gasteiger charge is -2.53. The molecule has 0 aliphatic heterocycles. The van der Waals surface area contributed by atoms with E-state index in [0.717, 1.165) is 26.1 Å². The Morgan fingerprint density at radius 3 is 2.40 bits per heavy atom. The van der Waals surface area contributed by atoms with Crippen molar-refractivity contribution in [1.29, 1.82) is 0 Å². The van der Waals surface area contributed by atoms with E-state index in [1.54, 1.807) is 7.11 Å². The van der Waals surface area contributed by atoms with Crippen LogP contribution in [0.2, 0.25) is 0 Å². The van der Waals surface area contributed by atoms with Gasteiger partial charge in [0, 0.05) is 31.1 Å². The van der Waals surface area contributed by atoms with E-state index in [1.165, 1.54) is 38.5 Å². The highest BCUT2D eigenvalue weighted by Gasteiger charge is 2.54. The molecule has 118 valence electrons. The van der Waals surface area contributed by atoms with Gasteiger partial charge in [0.05, 0.1) is 19.3 Å². The van der Waals surface area contributed by atoms with Crippen molar-refractivity contribution in [2.24, 2.45) is 5.41 Å². The molecule has 3 nitrogen and oxygen atoms in total. The third kappa shape index (κ3) is 4.09. The lowest BCUT2D eigenvalue weighted by atomic mass is 9.61. The first-order valence-corrected chi connectivity index (χ1v) is 8.55. The van der Waals surface area contributed by atoms with Crippen LogP contribution in [-0.4, -0.2) is 45.0 Å². The summed E-state index contributed by atoms with van der Waals surface area (Å²) in [6, 6.07) is 0. The van der Waals surface area contributed by atoms with Crippen molar-refractivity contribution in [3.8, 4) is 0 Å². The van der Waals surface area contributed by atoms with Crippen LogP contribution in [0.1, 0.15) is 51.4 Å². The Morgan fingerprint density at radius 2 is 1.75 bits per heavy atom. The first-order chi connectivity index (χ1) is 9.79. The lowest BCUT2D eigenvalue weighted by Crippen LogP contribution is -2.55. The molecule has 0 radical (unpaired) electrons. The summed E-state index contributed by atoms with van der Waals surface area (Å²) in [6.45, 7) is 2.90. The number of methoxy groups -OCH3 is 1. The topological polar surface area (TPSA) is 27.7 Å². The Labute approximate surface area is 128 Å². The van der Waals surface area contributed by atoms with E-state index >= 15 is 0 Å². The predicted molar refractivity (Wildman–Crippen MR) is 81.4 cm³/mol. The van der Waals surface area contributed by atoms with Crippen LogP contribution in [0.4, 0.5) is 0 Å². The molecule has 2 saturated carbocycles. The molecule has 1 spiro atoms. The molecule has 0 bridgehead atoms. The predicted octanol–water partition coefficient (Wildman–Crippen LogP) is 3.78. The molecule has 20 heavy (non-hydrogen) atoms. The fourth-order valence-corrected chi connectivity index (χ4v) is 4.13. The van der Waals surface area contributed by atoms with Crippen molar-refractivity contribution < 1.29 is 14.2 Å². The van der Waals surface area contributed by atoms with Crippen molar-refractivity contribution in [2.75, 3.05) is 33.5 Å². The fourth-order valence-electron chi connectivity index (χ4n) is 3.61. The average Bonchev–Trinajstić information content (AvgIpc) is 2.73. The zero-order valence-corrected chi connectivity index (χ0v) is 13.5. The van der Waals surface area contributed by atoms with E-state index in [-0.39, 0.29) is 5.41 Å². The van der Waals surface area contributed by atoms with Gasteiger partial charge < -0.3 is 14.2 Å². The van der Waals surface area contributed by atoms with Crippen LogP contribution in [0.3, 0.4) is 0 Å². The molecule has 4 heteroatoms. The maximum atomic E-state index is 6.52. The smallest absolute Gasteiger partial charge is 0.0704 e. The summed E-state index contributed by atoms with van der Waals surface area (Å²) >= 11 is 6.52. The highest BCUT2D eigenvalue weighted by Crippen LogP contribution is 2.54. The van der Waals surface area contributed by atoms with Crippen LogP contribution in [0.5, 0.6) is 0 Å². The van der Waals surface area contributed by atoms with Crippen LogP contribution in [0.25, 0.3) is 0 Å². The molecule has 0 aromatic heterocycles. The number of ether oxygens (including phenoxy) is 3. The number of hydrogen-bond donors (Lipinski definition) is 0. The second-order valence-corrected chi connectivity index (χ2v) is 6.70. The molecule has 2 atom stereocenters. The van der Waals surface area contributed by atoms with Gasteiger partial charge in [0.15, 0.2) is 0 Å². The zero-order chi connectivity index (χ0) is 14.3.